The second-order valence-electron chi connectivity index (χ2n) is 4.18. The molecule has 0 saturated carbocycles. The van der Waals surface area contributed by atoms with Crippen molar-refractivity contribution in [3.05, 3.63) is 29.1 Å². The van der Waals surface area contributed by atoms with Crippen molar-refractivity contribution >= 4 is 26.8 Å². The maximum atomic E-state index is 8.52. The van der Waals surface area contributed by atoms with Gasteiger partial charge in [0.25, 0.3) is 0 Å². The molecule has 2 rings (SSSR count). The average molecular weight is 359 g/mol. The Morgan fingerprint density at radius 1 is 1.38 bits per heavy atom. The van der Waals surface area contributed by atoms with Gasteiger partial charge < -0.3 is 10.1 Å². The molecule has 2 heterocycles. The fourth-order valence-electron chi connectivity index (χ4n) is 0.876. The van der Waals surface area contributed by atoms with Gasteiger partial charge in [-0.1, -0.05) is 6.07 Å². The molecule has 0 aliphatic carbocycles. The maximum absolute atomic E-state index is 8.52. The van der Waals surface area contributed by atoms with Gasteiger partial charge in [0.1, 0.15) is 4.60 Å². The van der Waals surface area contributed by atoms with E-state index in [9.17, 15) is 0 Å². The molecule has 5 heteroatoms. The third-order valence-electron chi connectivity index (χ3n) is 1.35. The Kier molecular flexibility index (Phi) is 6.95. The van der Waals surface area contributed by atoms with Gasteiger partial charge in [-0.15, -0.1) is 5.52 Å². The van der Waals surface area contributed by atoms with Crippen LogP contribution >= 0.6 is 15.9 Å². The molecule has 0 amide bonds. The number of hydrogen-bond acceptors (Lipinski definition) is 2. The van der Waals surface area contributed by atoms with Crippen molar-refractivity contribution in [3.8, 4) is 0 Å². The molecule has 1 radical (unpaired) electrons. The molecule has 0 aromatic carbocycles. The number of aromatic nitrogens is 2. The van der Waals surface area contributed by atoms with Crippen LogP contribution in [-0.2, 0) is 32.7 Å². The summed E-state index contributed by atoms with van der Waals surface area (Å²) in [6.07, 6.45) is 3.53. The summed E-state index contributed by atoms with van der Waals surface area (Å²) in [6, 6.07) is 3.91. The molecular formula is C11H14BrN2OY-. The second kappa shape index (κ2) is 6.85. The van der Waals surface area contributed by atoms with Crippen LogP contribution in [0, 0.1) is 0 Å². The first kappa shape index (κ1) is 16.2. The first-order valence-corrected chi connectivity index (χ1v) is 5.41. The van der Waals surface area contributed by atoms with Gasteiger partial charge >= 0.3 is 0 Å². The molecule has 2 aromatic heterocycles. The molecule has 0 atom stereocenters. The molecule has 0 saturated heterocycles. The van der Waals surface area contributed by atoms with E-state index in [1.165, 1.54) is 0 Å². The maximum Gasteiger partial charge on any atom is 0.106 e. The molecule has 0 fully saturated rings. The number of nitrogens with zero attached hydrogens (tertiary/aromatic N) is 2. The van der Waals surface area contributed by atoms with Crippen LogP contribution in [0.15, 0.2) is 29.1 Å². The molecular weight excluding hydrogens is 345 g/mol. The van der Waals surface area contributed by atoms with Crippen molar-refractivity contribution in [1.82, 2.24) is 9.97 Å². The third-order valence-corrected chi connectivity index (χ3v) is 1.78. The molecule has 0 bridgehead atoms. The SMILES string of the molecule is Brc1cc2cc[n-]c2cn1.CC(C)(C)O.[Y]. The van der Waals surface area contributed by atoms with E-state index in [-0.39, 0.29) is 32.7 Å². The summed E-state index contributed by atoms with van der Waals surface area (Å²) in [5, 5.41) is 9.65. The van der Waals surface area contributed by atoms with Gasteiger partial charge in [-0.25, -0.2) is 0 Å². The van der Waals surface area contributed by atoms with Gasteiger partial charge in [-0.05, 0) is 48.2 Å². The van der Waals surface area contributed by atoms with E-state index in [1.54, 1.807) is 33.2 Å². The Balaban J connectivity index is 0.000000330. The predicted molar refractivity (Wildman–Crippen MR) is 64.7 cm³/mol. The minimum atomic E-state index is -0.500. The quantitative estimate of drug-likeness (QED) is 0.736. The van der Waals surface area contributed by atoms with E-state index < -0.39 is 5.60 Å². The molecule has 85 valence electrons. The summed E-state index contributed by atoms with van der Waals surface area (Å²) in [5.41, 5.74) is 0.447. The Morgan fingerprint density at radius 2 is 1.94 bits per heavy atom. The van der Waals surface area contributed by atoms with Gasteiger partial charge in [0, 0.05) is 38.9 Å². The third kappa shape index (κ3) is 6.74. The number of fused-ring (bicyclic) bond motifs is 1. The monoisotopic (exact) mass is 358 g/mol. The fourth-order valence-corrected chi connectivity index (χ4v) is 1.23. The molecule has 0 aliphatic heterocycles. The molecule has 0 unspecified atom stereocenters. The van der Waals surface area contributed by atoms with Crippen molar-refractivity contribution in [3.63, 3.8) is 0 Å². The summed E-state index contributed by atoms with van der Waals surface area (Å²) in [4.78, 5) is 8.11. The molecule has 3 nitrogen and oxygen atoms in total. The van der Waals surface area contributed by atoms with Crippen LogP contribution in [0.25, 0.3) is 10.9 Å². The Labute approximate surface area is 129 Å². The summed E-state index contributed by atoms with van der Waals surface area (Å²) >= 11 is 3.28. The predicted octanol–water partition coefficient (Wildman–Crippen LogP) is 2.73. The number of hydrogen-bond donors (Lipinski definition) is 1. The number of aliphatic hydroxyl groups is 1. The van der Waals surface area contributed by atoms with Gasteiger partial charge in [0.2, 0.25) is 0 Å². The van der Waals surface area contributed by atoms with E-state index in [1.807, 2.05) is 12.1 Å². The van der Waals surface area contributed by atoms with Crippen molar-refractivity contribution in [2.24, 2.45) is 0 Å². The molecule has 0 aliphatic rings. The smallest absolute Gasteiger partial charge is 0.106 e. The van der Waals surface area contributed by atoms with E-state index in [0.717, 1.165) is 15.5 Å². The topological polar surface area (TPSA) is 47.2 Å². The molecule has 16 heavy (non-hydrogen) atoms. The molecule has 1 N–H and O–H groups in total. The summed E-state index contributed by atoms with van der Waals surface area (Å²) in [5.74, 6) is 0. The molecule has 2 aromatic rings. The van der Waals surface area contributed by atoms with Crippen LogP contribution in [0.5, 0.6) is 0 Å². The zero-order valence-corrected chi connectivity index (χ0v) is 14.0. The number of rotatable bonds is 0. The first-order valence-electron chi connectivity index (χ1n) is 4.61. The van der Waals surface area contributed by atoms with Gasteiger partial charge in [0.05, 0.1) is 5.60 Å². The van der Waals surface area contributed by atoms with Gasteiger partial charge in [0.15, 0.2) is 0 Å². The van der Waals surface area contributed by atoms with E-state index in [0.29, 0.717) is 0 Å². The van der Waals surface area contributed by atoms with E-state index >= 15 is 0 Å². The number of pyridine rings is 1. The summed E-state index contributed by atoms with van der Waals surface area (Å²) in [7, 11) is 0. The minimum absolute atomic E-state index is 0. The fraction of sp³-hybridized carbons (Fsp3) is 0.364. The van der Waals surface area contributed by atoms with Crippen LogP contribution in [0.2, 0.25) is 0 Å². The first-order chi connectivity index (χ1) is 6.86. The Morgan fingerprint density at radius 3 is 2.50 bits per heavy atom. The summed E-state index contributed by atoms with van der Waals surface area (Å²) < 4.78 is 0.855. The van der Waals surface area contributed by atoms with Crippen molar-refractivity contribution in [2.45, 2.75) is 26.4 Å². The normalized spacial score (nSPS) is 10.3. The van der Waals surface area contributed by atoms with Crippen LogP contribution < -0.4 is 4.98 Å². The minimum Gasteiger partial charge on any atom is -0.662 e. The van der Waals surface area contributed by atoms with Crippen LogP contribution in [0.4, 0.5) is 0 Å². The van der Waals surface area contributed by atoms with Crippen molar-refractivity contribution in [2.75, 3.05) is 0 Å². The molecule has 0 spiro atoms. The second-order valence-corrected chi connectivity index (χ2v) is 4.99. The zero-order chi connectivity index (χ0) is 11.5. The van der Waals surface area contributed by atoms with Crippen molar-refractivity contribution in [1.29, 1.82) is 0 Å². The van der Waals surface area contributed by atoms with E-state index in [4.69, 9.17) is 5.11 Å². The van der Waals surface area contributed by atoms with E-state index in [2.05, 4.69) is 25.9 Å². The largest absolute Gasteiger partial charge is 0.662 e. The standard InChI is InChI=1S/C7H4BrN2.C4H10O.Y/c8-7-3-5-1-2-9-6(5)4-10-7;1-4(2,3)5;/h1-4H;5H,1-3H3;/q-1;;. The van der Waals surface area contributed by atoms with Gasteiger partial charge in [-0.2, -0.15) is 6.20 Å². The zero-order valence-electron chi connectivity index (χ0n) is 9.61. The number of halogens is 1. The van der Waals surface area contributed by atoms with Gasteiger partial charge in [-0.3, -0.25) is 4.98 Å². The van der Waals surface area contributed by atoms with Crippen LogP contribution in [-0.4, -0.2) is 15.7 Å². The summed E-state index contributed by atoms with van der Waals surface area (Å²) in [6.45, 7) is 5.23. The Bertz CT molecular complexity index is 431. The van der Waals surface area contributed by atoms with Crippen LogP contribution in [0.3, 0.4) is 0 Å². The average Bonchev–Trinajstić information content (AvgIpc) is 2.47. The van der Waals surface area contributed by atoms with Crippen molar-refractivity contribution < 1.29 is 37.8 Å². The van der Waals surface area contributed by atoms with Crippen LogP contribution in [0.1, 0.15) is 20.8 Å². The Hall–Kier alpha value is 0.234.